The molecule has 1 aromatic carbocycles. The first-order valence-electron chi connectivity index (χ1n) is 6.84. The van der Waals surface area contributed by atoms with E-state index in [1.807, 2.05) is 6.92 Å². The van der Waals surface area contributed by atoms with Crippen LogP contribution in [0.15, 0.2) is 18.2 Å². The van der Waals surface area contributed by atoms with Gasteiger partial charge in [-0.3, -0.25) is 4.90 Å². The highest BCUT2D eigenvalue weighted by Crippen LogP contribution is 2.28. The molecule has 1 fully saturated rings. The molecule has 1 unspecified atom stereocenters. The number of benzene rings is 1. The second-order valence-corrected chi connectivity index (χ2v) is 7.79. The Morgan fingerprint density at radius 3 is 3.05 bits per heavy atom. The van der Waals surface area contributed by atoms with Crippen molar-refractivity contribution in [2.45, 2.75) is 25.9 Å². The molecule has 0 radical (unpaired) electrons. The summed E-state index contributed by atoms with van der Waals surface area (Å²) in [4.78, 5) is 2.27. The second kappa shape index (κ2) is 4.80. The summed E-state index contributed by atoms with van der Waals surface area (Å²) in [6.45, 7) is 4.50. The molecule has 0 saturated carbocycles. The van der Waals surface area contributed by atoms with Crippen molar-refractivity contribution < 1.29 is 8.42 Å². The zero-order chi connectivity index (χ0) is 13.5. The summed E-state index contributed by atoms with van der Waals surface area (Å²) >= 11 is 0. The summed E-state index contributed by atoms with van der Waals surface area (Å²) in [6.07, 6.45) is 1.09. The molecule has 1 aromatic rings. The van der Waals surface area contributed by atoms with E-state index in [0.29, 0.717) is 12.3 Å². The molecule has 2 aliphatic heterocycles. The van der Waals surface area contributed by atoms with Crippen molar-refractivity contribution in [3.63, 3.8) is 0 Å². The van der Waals surface area contributed by atoms with E-state index in [1.54, 1.807) is 0 Å². The second-order valence-electron chi connectivity index (χ2n) is 5.56. The SMILES string of the molecule is CC1CS(=O)(=O)CCN1Cc1cccc2c1NCC2. The Morgan fingerprint density at radius 2 is 2.26 bits per heavy atom. The van der Waals surface area contributed by atoms with Gasteiger partial charge in [-0.1, -0.05) is 18.2 Å². The molecular formula is C14H20N2O2S. The molecule has 4 nitrogen and oxygen atoms in total. The Balaban J connectivity index is 1.78. The lowest BCUT2D eigenvalue weighted by atomic mass is 10.1. The first-order chi connectivity index (χ1) is 9.05. The van der Waals surface area contributed by atoms with Gasteiger partial charge in [0.25, 0.3) is 0 Å². The average Bonchev–Trinajstić information content (AvgIpc) is 2.81. The van der Waals surface area contributed by atoms with Crippen LogP contribution in [0.2, 0.25) is 0 Å². The van der Waals surface area contributed by atoms with Crippen LogP contribution in [0.5, 0.6) is 0 Å². The number of fused-ring (bicyclic) bond motifs is 1. The van der Waals surface area contributed by atoms with Gasteiger partial charge in [0.2, 0.25) is 0 Å². The number of rotatable bonds is 2. The molecular weight excluding hydrogens is 260 g/mol. The van der Waals surface area contributed by atoms with Crippen LogP contribution in [0.4, 0.5) is 5.69 Å². The van der Waals surface area contributed by atoms with E-state index in [9.17, 15) is 8.42 Å². The topological polar surface area (TPSA) is 49.4 Å². The third kappa shape index (κ3) is 2.62. The minimum absolute atomic E-state index is 0.107. The fourth-order valence-electron chi connectivity index (χ4n) is 3.03. The molecule has 104 valence electrons. The fraction of sp³-hybridized carbons (Fsp3) is 0.571. The van der Waals surface area contributed by atoms with E-state index in [1.165, 1.54) is 16.8 Å². The van der Waals surface area contributed by atoms with Crippen molar-refractivity contribution in [3.8, 4) is 0 Å². The minimum Gasteiger partial charge on any atom is -0.384 e. The standard InChI is InChI=1S/C14H20N2O2S/c1-11-10-19(17,18)8-7-16(11)9-13-4-2-3-12-5-6-15-14(12)13/h2-4,11,15H,5-10H2,1H3. The van der Waals surface area contributed by atoms with Crippen LogP contribution < -0.4 is 5.32 Å². The van der Waals surface area contributed by atoms with Crippen molar-refractivity contribution in [1.29, 1.82) is 0 Å². The third-order valence-electron chi connectivity index (χ3n) is 4.11. The maximum atomic E-state index is 11.6. The average molecular weight is 280 g/mol. The van der Waals surface area contributed by atoms with Crippen LogP contribution in [0.1, 0.15) is 18.1 Å². The Kier molecular flexibility index (Phi) is 3.27. The van der Waals surface area contributed by atoms with Gasteiger partial charge in [-0.25, -0.2) is 8.42 Å². The number of nitrogens with zero attached hydrogens (tertiary/aromatic N) is 1. The van der Waals surface area contributed by atoms with Crippen molar-refractivity contribution in [2.24, 2.45) is 0 Å². The largest absolute Gasteiger partial charge is 0.384 e. The summed E-state index contributed by atoms with van der Waals surface area (Å²) in [7, 11) is -2.83. The number of nitrogens with one attached hydrogen (secondary N) is 1. The highest BCUT2D eigenvalue weighted by molar-refractivity contribution is 7.91. The smallest absolute Gasteiger partial charge is 0.153 e. The van der Waals surface area contributed by atoms with Crippen molar-refractivity contribution in [2.75, 3.05) is 29.9 Å². The summed E-state index contributed by atoms with van der Waals surface area (Å²) in [6, 6.07) is 6.53. The first-order valence-corrected chi connectivity index (χ1v) is 8.66. The lowest BCUT2D eigenvalue weighted by Gasteiger charge is -2.33. The van der Waals surface area contributed by atoms with Crippen LogP contribution in [0.25, 0.3) is 0 Å². The first kappa shape index (κ1) is 12.9. The normalized spacial score (nSPS) is 25.8. The molecule has 3 rings (SSSR count). The Bertz CT molecular complexity index is 583. The molecule has 0 aliphatic carbocycles. The van der Waals surface area contributed by atoms with E-state index in [0.717, 1.165) is 19.5 Å². The van der Waals surface area contributed by atoms with Gasteiger partial charge in [0.05, 0.1) is 11.5 Å². The van der Waals surface area contributed by atoms with Gasteiger partial charge >= 0.3 is 0 Å². The number of hydrogen-bond acceptors (Lipinski definition) is 4. The van der Waals surface area contributed by atoms with Crippen LogP contribution >= 0.6 is 0 Å². The molecule has 0 aromatic heterocycles. The molecule has 1 saturated heterocycles. The van der Waals surface area contributed by atoms with E-state index in [-0.39, 0.29) is 11.8 Å². The highest BCUT2D eigenvalue weighted by atomic mass is 32.2. The maximum absolute atomic E-state index is 11.6. The lowest BCUT2D eigenvalue weighted by molar-refractivity contribution is 0.218. The van der Waals surface area contributed by atoms with E-state index in [2.05, 4.69) is 28.4 Å². The van der Waals surface area contributed by atoms with Crippen molar-refractivity contribution >= 4 is 15.5 Å². The molecule has 19 heavy (non-hydrogen) atoms. The molecule has 5 heteroatoms. The number of anilines is 1. The van der Waals surface area contributed by atoms with Gasteiger partial charge in [0, 0.05) is 31.4 Å². The molecule has 2 aliphatic rings. The lowest BCUT2D eigenvalue weighted by Crippen LogP contribution is -2.46. The van der Waals surface area contributed by atoms with E-state index >= 15 is 0 Å². The van der Waals surface area contributed by atoms with Crippen molar-refractivity contribution in [3.05, 3.63) is 29.3 Å². The van der Waals surface area contributed by atoms with Gasteiger partial charge in [0.15, 0.2) is 9.84 Å². The van der Waals surface area contributed by atoms with Gasteiger partial charge in [-0.2, -0.15) is 0 Å². The number of sulfone groups is 1. The predicted octanol–water partition coefficient (Wildman–Crippen LogP) is 1.27. The summed E-state index contributed by atoms with van der Waals surface area (Å²) < 4.78 is 23.2. The van der Waals surface area contributed by atoms with Crippen LogP contribution in [0.3, 0.4) is 0 Å². The summed E-state index contributed by atoms with van der Waals surface area (Å²) in [5.41, 5.74) is 3.94. The molecule has 2 heterocycles. The quantitative estimate of drug-likeness (QED) is 0.886. The summed E-state index contributed by atoms with van der Waals surface area (Å²) in [5, 5.41) is 3.44. The van der Waals surface area contributed by atoms with Crippen LogP contribution in [-0.4, -0.2) is 44.0 Å². The molecule has 1 atom stereocenters. The van der Waals surface area contributed by atoms with E-state index in [4.69, 9.17) is 0 Å². The third-order valence-corrected chi connectivity index (χ3v) is 5.91. The van der Waals surface area contributed by atoms with Gasteiger partial charge in [0.1, 0.15) is 0 Å². The van der Waals surface area contributed by atoms with Gasteiger partial charge < -0.3 is 5.32 Å². The zero-order valence-corrected chi connectivity index (χ0v) is 12.0. The van der Waals surface area contributed by atoms with Crippen molar-refractivity contribution in [1.82, 2.24) is 4.90 Å². The minimum atomic E-state index is -2.83. The van der Waals surface area contributed by atoms with Crippen LogP contribution in [-0.2, 0) is 22.8 Å². The molecule has 1 N–H and O–H groups in total. The Labute approximate surface area is 114 Å². The maximum Gasteiger partial charge on any atom is 0.153 e. The highest BCUT2D eigenvalue weighted by Gasteiger charge is 2.28. The monoisotopic (exact) mass is 280 g/mol. The molecule has 0 bridgehead atoms. The molecule has 0 spiro atoms. The van der Waals surface area contributed by atoms with Gasteiger partial charge in [-0.05, 0) is 24.5 Å². The Hall–Kier alpha value is -1.07. The zero-order valence-electron chi connectivity index (χ0n) is 11.2. The number of hydrogen-bond donors (Lipinski definition) is 1. The van der Waals surface area contributed by atoms with Gasteiger partial charge in [-0.15, -0.1) is 0 Å². The van der Waals surface area contributed by atoms with E-state index < -0.39 is 9.84 Å². The fourth-order valence-corrected chi connectivity index (χ4v) is 4.65. The van der Waals surface area contributed by atoms with Crippen LogP contribution in [0, 0.1) is 0 Å². The Morgan fingerprint density at radius 1 is 1.42 bits per heavy atom. The molecule has 0 amide bonds. The summed E-state index contributed by atoms with van der Waals surface area (Å²) in [5.74, 6) is 0.579. The predicted molar refractivity (Wildman–Crippen MR) is 77.2 cm³/mol. The number of para-hydroxylation sites is 1.